The number of rotatable bonds is 6. The lowest BCUT2D eigenvalue weighted by atomic mass is 10.2. The summed E-state index contributed by atoms with van der Waals surface area (Å²) in [6.07, 6.45) is 3.10. The summed E-state index contributed by atoms with van der Waals surface area (Å²) in [4.78, 5) is 17.9. The van der Waals surface area contributed by atoms with E-state index >= 15 is 0 Å². The Morgan fingerprint density at radius 3 is 3.04 bits per heavy atom. The standard InChI is InChI=1S/C20H23FN4O2S/c1-12-6-16(27-15-4-5-17-14(8-15)9-24(3)23-17)10-25(12)11-18-20(21)22-19(28-18)7-13(2)26/h4-5,8-9,12,16H,6-7,10-11H2,1-3H3/t12-,16+/m0/s1. The van der Waals surface area contributed by atoms with Crippen molar-refractivity contribution in [1.29, 1.82) is 0 Å². The number of hydrogen-bond acceptors (Lipinski definition) is 6. The van der Waals surface area contributed by atoms with Crippen LogP contribution in [0.15, 0.2) is 24.4 Å². The molecule has 1 fully saturated rings. The van der Waals surface area contributed by atoms with Crippen molar-refractivity contribution >= 4 is 28.0 Å². The van der Waals surface area contributed by atoms with Gasteiger partial charge in [0.05, 0.1) is 16.8 Å². The average molecular weight is 402 g/mol. The van der Waals surface area contributed by atoms with E-state index in [9.17, 15) is 9.18 Å². The van der Waals surface area contributed by atoms with Crippen molar-refractivity contribution in [3.05, 3.63) is 40.2 Å². The highest BCUT2D eigenvalue weighted by Gasteiger charge is 2.31. The smallest absolute Gasteiger partial charge is 0.228 e. The number of carbonyl (C=O) groups excluding carboxylic acids is 1. The number of aromatic nitrogens is 3. The molecule has 2 aromatic heterocycles. The van der Waals surface area contributed by atoms with E-state index in [1.54, 1.807) is 4.68 Å². The number of ether oxygens (including phenoxy) is 1. The molecule has 0 amide bonds. The molecule has 3 aromatic rings. The van der Waals surface area contributed by atoms with Gasteiger partial charge >= 0.3 is 0 Å². The van der Waals surface area contributed by atoms with Crippen molar-refractivity contribution in [2.45, 2.75) is 45.4 Å². The molecule has 0 saturated carbocycles. The molecule has 0 bridgehead atoms. The molecule has 6 nitrogen and oxygen atoms in total. The van der Waals surface area contributed by atoms with Gasteiger partial charge in [-0.3, -0.25) is 14.4 Å². The second kappa shape index (κ2) is 7.60. The summed E-state index contributed by atoms with van der Waals surface area (Å²) in [6.45, 7) is 4.84. The van der Waals surface area contributed by atoms with Gasteiger partial charge in [0.1, 0.15) is 22.6 Å². The summed E-state index contributed by atoms with van der Waals surface area (Å²) in [5, 5.41) is 5.97. The minimum Gasteiger partial charge on any atom is -0.489 e. The predicted molar refractivity (Wildman–Crippen MR) is 106 cm³/mol. The van der Waals surface area contributed by atoms with Gasteiger partial charge in [-0.1, -0.05) is 0 Å². The van der Waals surface area contributed by atoms with Crippen LogP contribution >= 0.6 is 11.3 Å². The molecule has 1 saturated heterocycles. The Morgan fingerprint density at radius 1 is 1.43 bits per heavy atom. The second-order valence-electron chi connectivity index (χ2n) is 7.48. The van der Waals surface area contributed by atoms with Crippen LogP contribution in [0.4, 0.5) is 4.39 Å². The summed E-state index contributed by atoms with van der Waals surface area (Å²) in [6, 6.07) is 6.20. The van der Waals surface area contributed by atoms with Crippen molar-refractivity contribution in [2.24, 2.45) is 7.05 Å². The molecule has 1 aliphatic heterocycles. The molecule has 0 spiro atoms. The van der Waals surface area contributed by atoms with Gasteiger partial charge in [0, 0.05) is 44.2 Å². The number of Topliss-reactive ketones (excluding diaryl/α,β-unsaturated/α-hetero) is 1. The van der Waals surface area contributed by atoms with Crippen molar-refractivity contribution in [3.63, 3.8) is 0 Å². The number of thiazole rings is 1. The fraction of sp³-hybridized carbons (Fsp3) is 0.450. The number of aryl methyl sites for hydroxylation is 1. The van der Waals surface area contributed by atoms with Crippen molar-refractivity contribution in [3.8, 4) is 5.75 Å². The fourth-order valence-corrected chi connectivity index (χ4v) is 4.74. The number of ketones is 1. The summed E-state index contributed by atoms with van der Waals surface area (Å²) in [7, 11) is 1.90. The Balaban J connectivity index is 1.41. The number of carbonyl (C=O) groups is 1. The highest BCUT2D eigenvalue weighted by molar-refractivity contribution is 7.11. The molecule has 1 aliphatic rings. The maximum Gasteiger partial charge on any atom is 0.228 e. The number of likely N-dealkylation sites (tertiary alicyclic amines) is 1. The third kappa shape index (κ3) is 4.07. The summed E-state index contributed by atoms with van der Waals surface area (Å²) < 4.78 is 22.1. The van der Waals surface area contributed by atoms with Crippen LogP contribution in [-0.4, -0.2) is 44.1 Å². The molecule has 1 aromatic carbocycles. The van der Waals surface area contributed by atoms with E-state index in [2.05, 4.69) is 21.9 Å². The molecule has 0 radical (unpaired) electrons. The van der Waals surface area contributed by atoms with Gasteiger partial charge in [0.15, 0.2) is 0 Å². The molecular weight excluding hydrogens is 379 g/mol. The number of hydrogen-bond donors (Lipinski definition) is 0. The molecule has 0 N–H and O–H groups in total. The van der Waals surface area contributed by atoms with E-state index in [1.807, 2.05) is 31.4 Å². The van der Waals surface area contributed by atoms with E-state index in [1.165, 1.54) is 18.3 Å². The zero-order valence-corrected chi connectivity index (χ0v) is 17.0. The van der Waals surface area contributed by atoms with Crippen LogP contribution in [0.3, 0.4) is 0 Å². The first-order valence-corrected chi connectivity index (χ1v) is 10.2. The van der Waals surface area contributed by atoms with Gasteiger partial charge < -0.3 is 4.74 Å². The number of benzene rings is 1. The van der Waals surface area contributed by atoms with Crippen LogP contribution in [0.25, 0.3) is 10.9 Å². The van der Waals surface area contributed by atoms with E-state index in [4.69, 9.17) is 4.74 Å². The fourth-order valence-electron chi connectivity index (χ4n) is 3.69. The third-order valence-corrected chi connectivity index (χ3v) is 6.01. The largest absolute Gasteiger partial charge is 0.489 e. The van der Waals surface area contributed by atoms with E-state index < -0.39 is 5.95 Å². The Hall–Kier alpha value is -2.32. The average Bonchev–Trinajstić information content (AvgIpc) is 3.24. The predicted octanol–water partition coefficient (Wildman–Crippen LogP) is 3.34. The zero-order chi connectivity index (χ0) is 19.8. The number of nitrogens with zero attached hydrogens (tertiary/aromatic N) is 4. The SMILES string of the molecule is CC(=O)Cc1nc(F)c(CN2C[C@H](Oc3ccc4nn(C)cc4c3)C[C@@H]2C)s1. The van der Waals surface area contributed by atoms with E-state index in [-0.39, 0.29) is 24.3 Å². The Kier molecular flexibility index (Phi) is 5.16. The summed E-state index contributed by atoms with van der Waals surface area (Å²) in [5.74, 6) is 0.362. The highest BCUT2D eigenvalue weighted by Crippen LogP contribution is 2.28. The van der Waals surface area contributed by atoms with Crippen LogP contribution in [0.1, 0.15) is 30.2 Å². The quantitative estimate of drug-likeness (QED) is 0.633. The molecule has 2 atom stereocenters. The number of fused-ring (bicyclic) bond motifs is 1. The van der Waals surface area contributed by atoms with Crippen LogP contribution in [0.2, 0.25) is 0 Å². The first kappa shape index (κ1) is 19.0. The Morgan fingerprint density at radius 2 is 2.25 bits per heavy atom. The highest BCUT2D eigenvalue weighted by atomic mass is 32.1. The van der Waals surface area contributed by atoms with Crippen LogP contribution in [0.5, 0.6) is 5.75 Å². The van der Waals surface area contributed by atoms with Crippen LogP contribution in [0, 0.1) is 5.95 Å². The molecular formula is C20H23FN4O2S. The topological polar surface area (TPSA) is 60.3 Å². The number of halogens is 1. The van der Waals surface area contributed by atoms with Gasteiger partial charge in [-0.25, -0.2) is 4.98 Å². The molecule has 0 aliphatic carbocycles. The van der Waals surface area contributed by atoms with Gasteiger partial charge in [-0.15, -0.1) is 11.3 Å². The monoisotopic (exact) mass is 402 g/mol. The zero-order valence-electron chi connectivity index (χ0n) is 16.2. The lowest BCUT2D eigenvalue weighted by Gasteiger charge is -2.19. The Bertz CT molecular complexity index is 1010. The second-order valence-corrected chi connectivity index (χ2v) is 8.65. The molecule has 3 heterocycles. The van der Waals surface area contributed by atoms with Gasteiger partial charge in [0.25, 0.3) is 0 Å². The molecule has 28 heavy (non-hydrogen) atoms. The maximum atomic E-state index is 14.2. The lowest BCUT2D eigenvalue weighted by molar-refractivity contribution is -0.116. The third-order valence-electron chi connectivity index (χ3n) is 5.00. The van der Waals surface area contributed by atoms with Crippen LogP contribution in [-0.2, 0) is 24.8 Å². The van der Waals surface area contributed by atoms with Crippen molar-refractivity contribution in [2.75, 3.05) is 6.54 Å². The molecule has 0 unspecified atom stereocenters. The van der Waals surface area contributed by atoms with Gasteiger partial charge in [-0.05, 0) is 32.0 Å². The maximum absolute atomic E-state index is 14.2. The molecule has 148 valence electrons. The summed E-state index contributed by atoms with van der Waals surface area (Å²) in [5.41, 5.74) is 0.943. The minimum atomic E-state index is -0.458. The normalized spacial score (nSPS) is 20.1. The van der Waals surface area contributed by atoms with Crippen LogP contribution < -0.4 is 4.74 Å². The first-order valence-electron chi connectivity index (χ1n) is 9.35. The van der Waals surface area contributed by atoms with E-state index in [0.717, 1.165) is 29.6 Å². The minimum absolute atomic E-state index is 0.00566. The summed E-state index contributed by atoms with van der Waals surface area (Å²) >= 11 is 1.29. The Labute approximate surface area is 166 Å². The van der Waals surface area contributed by atoms with Gasteiger partial charge in [-0.2, -0.15) is 9.49 Å². The molecule has 4 rings (SSSR count). The van der Waals surface area contributed by atoms with Gasteiger partial charge in [0.2, 0.25) is 5.95 Å². The van der Waals surface area contributed by atoms with E-state index in [0.29, 0.717) is 16.4 Å². The first-order chi connectivity index (χ1) is 13.4. The van der Waals surface area contributed by atoms with Crippen molar-refractivity contribution < 1.29 is 13.9 Å². The molecule has 8 heteroatoms. The van der Waals surface area contributed by atoms with Crippen molar-refractivity contribution in [1.82, 2.24) is 19.7 Å². The lowest BCUT2D eigenvalue weighted by Crippen LogP contribution is -2.28.